The Balaban J connectivity index is 1.50. The van der Waals surface area contributed by atoms with Crippen LogP contribution in [0.2, 0.25) is 0 Å². The maximum absolute atomic E-state index is 13.1. The molecule has 10 heteroatoms. The van der Waals surface area contributed by atoms with E-state index in [0.717, 1.165) is 22.6 Å². The van der Waals surface area contributed by atoms with Gasteiger partial charge in [0.1, 0.15) is 12.4 Å². The van der Waals surface area contributed by atoms with Crippen LogP contribution in [0.25, 0.3) is 16.7 Å². The molecule has 0 radical (unpaired) electrons. The van der Waals surface area contributed by atoms with Crippen molar-refractivity contribution in [3.63, 3.8) is 0 Å². The predicted octanol–water partition coefficient (Wildman–Crippen LogP) is 3.09. The van der Waals surface area contributed by atoms with Crippen molar-refractivity contribution in [1.82, 2.24) is 24.1 Å². The number of benzene rings is 2. The summed E-state index contributed by atoms with van der Waals surface area (Å²) in [6.07, 6.45) is 0. The zero-order valence-electron chi connectivity index (χ0n) is 20.0. The van der Waals surface area contributed by atoms with Crippen LogP contribution in [0.15, 0.2) is 59.5 Å². The van der Waals surface area contributed by atoms with Gasteiger partial charge in [-0.25, -0.2) is 23.1 Å². The van der Waals surface area contributed by atoms with Crippen LogP contribution in [0.1, 0.15) is 17.1 Å². The largest absolute Gasteiger partial charge is 0.377 e. The van der Waals surface area contributed by atoms with Crippen molar-refractivity contribution < 1.29 is 13.2 Å². The van der Waals surface area contributed by atoms with Crippen LogP contribution in [0, 0.1) is 13.8 Å². The predicted molar refractivity (Wildman–Crippen MR) is 134 cm³/mol. The molecule has 1 aliphatic heterocycles. The summed E-state index contributed by atoms with van der Waals surface area (Å²) in [6.45, 7) is 6.03. The van der Waals surface area contributed by atoms with Crippen molar-refractivity contribution in [1.29, 1.82) is 0 Å². The lowest BCUT2D eigenvalue weighted by Crippen LogP contribution is -2.49. The molecule has 0 atom stereocenters. The number of ether oxygens (including phenoxy) is 1. The average molecular weight is 493 g/mol. The number of piperazine rings is 1. The van der Waals surface area contributed by atoms with Crippen molar-refractivity contribution in [3.05, 3.63) is 71.7 Å². The summed E-state index contributed by atoms with van der Waals surface area (Å²) in [5.41, 5.74) is 3.61. The third-order valence-corrected chi connectivity index (χ3v) is 8.11. The first-order valence-electron chi connectivity index (χ1n) is 11.5. The molecule has 3 heterocycles. The van der Waals surface area contributed by atoms with Crippen LogP contribution in [0.3, 0.4) is 0 Å². The molecule has 2 aromatic heterocycles. The molecule has 2 aromatic carbocycles. The number of aromatic nitrogens is 4. The van der Waals surface area contributed by atoms with E-state index in [1.165, 1.54) is 9.87 Å². The zero-order chi connectivity index (χ0) is 24.6. The van der Waals surface area contributed by atoms with Crippen molar-refractivity contribution in [2.45, 2.75) is 25.3 Å². The highest BCUT2D eigenvalue weighted by Crippen LogP contribution is 2.30. The van der Waals surface area contributed by atoms with Crippen LogP contribution < -0.4 is 4.90 Å². The Morgan fingerprint density at radius 3 is 2.26 bits per heavy atom. The normalized spacial score (nSPS) is 15.1. The first kappa shape index (κ1) is 23.4. The first-order chi connectivity index (χ1) is 16.9. The molecule has 1 saturated heterocycles. The summed E-state index contributed by atoms with van der Waals surface area (Å²) in [5.74, 6) is 1.32. The second-order valence-corrected chi connectivity index (χ2v) is 10.6. The van der Waals surface area contributed by atoms with E-state index in [4.69, 9.17) is 19.8 Å². The zero-order valence-corrected chi connectivity index (χ0v) is 20.9. The average Bonchev–Trinajstić information content (AvgIpc) is 3.21. The number of anilines is 1. The van der Waals surface area contributed by atoms with Gasteiger partial charge in [-0.15, -0.1) is 0 Å². The van der Waals surface area contributed by atoms with E-state index in [1.807, 2.05) is 48.9 Å². The molecule has 35 heavy (non-hydrogen) atoms. The number of hydrogen-bond donors (Lipinski definition) is 0. The van der Waals surface area contributed by atoms with E-state index in [0.29, 0.717) is 42.5 Å². The Kier molecular flexibility index (Phi) is 6.26. The maximum atomic E-state index is 13.1. The van der Waals surface area contributed by atoms with Gasteiger partial charge in [-0.2, -0.15) is 9.40 Å². The van der Waals surface area contributed by atoms with Gasteiger partial charge in [0.05, 0.1) is 21.7 Å². The molecule has 0 saturated carbocycles. The fraction of sp³-hybridized carbons (Fsp3) is 0.320. The molecule has 182 valence electrons. The Morgan fingerprint density at radius 1 is 0.914 bits per heavy atom. The summed E-state index contributed by atoms with van der Waals surface area (Å²) in [6, 6.07) is 16.7. The molecule has 0 bridgehead atoms. The van der Waals surface area contributed by atoms with Crippen molar-refractivity contribution in [2.75, 3.05) is 38.2 Å². The number of rotatable bonds is 6. The minimum Gasteiger partial charge on any atom is -0.377 e. The molecule has 1 fully saturated rings. The number of methoxy groups -OCH3 is 1. The van der Waals surface area contributed by atoms with Gasteiger partial charge >= 0.3 is 0 Å². The standard InChI is InChI=1S/C25H28N6O3S/c1-18-9-11-20(12-10-18)31-25-23(19(2)28-31)24(26-22(27-25)17-34-3)29-13-15-30(16-14-29)35(32,33)21-7-5-4-6-8-21/h4-12H,13-17H2,1-3H3. The monoisotopic (exact) mass is 492 g/mol. The van der Waals surface area contributed by atoms with Crippen LogP contribution >= 0.6 is 0 Å². The van der Waals surface area contributed by atoms with E-state index in [-0.39, 0.29) is 6.61 Å². The second kappa shape index (κ2) is 9.37. The van der Waals surface area contributed by atoms with E-state index in [2.05, 4.69) is 4.90 Å². The highest BCUT2D eigenvalue weighted by molar-refractivity contribution is 7.89. The summed E-state index contributed by atoms with van der Waals surface area (Å²) in [7, 11) is -1.92. The first-order valence-corrected chi connectivity index (χ1v) is 12.9. The molecule has 5 rings (SSSR count). The minimum absolute atomic E-state index is 0.267. The number of aryl methyl sites for hydroxylation is 2. The highest BCUT2D eigenvalue weighted by Gasteiger charge is 2.30. The van der Waals surface area contributed by atoms with Gasteiger partial charge in [-0.3, -0.25) is 0 Å². The topological polar surface area (TPSA) is 93.5 Å². The SMILES string of the molecule is COCc1nc(N2CCN(S(=O)(=O)c3ccccc3)CC2)c2c(C)nn(-c3ccc(C)cc3)c2n1. The Labute approximate surface area is 205 Å². The fourth-order valence-electron chi connectivity index (χ4n) is 4.38. The molecular formula is C25H28N6O3S. The van der Waals surface area contributed by atoms with Gasteiger partial charge < -0.3 is 9.64 Å². The van der Waals surface area contributed by atoms with Crippen LogP contribution in [-0.2, 0) is 21.4 Å². The quantitative estimate of drug-likeness (QED) is 0.408. The summed E-state index contributed by atoms with van der Waals surface area (Å²) >= 11 is 0. The third-order valence-electron chi connectivity index (χ3n) is 6.20. The van der Waals surface area contributed by atoms with E-state index in [1.54, 1.807) is 31.4 Å². The number of sulfonamides is 1. The number of hydrogen-bond acceptors (Lipinski definition) is 7. The smallest absolute Gasteiger partial charge is 0.243 e. The van der Waals surface area contributed by atoms with Gasteiger partial charge in [-0.1, -0.05) is 35.9 Å². The lowest BCUT2D eigenvalue weighted by Gasteiger charge is -2.35. The molecule has 4 aromatic rings. The van der Waals surface area contributed by atoms with Crippen molar-refractivity contribution in [3.8, 4) is 5.69 Å². The molecule has 0 amide bonds. The van der Waals surface area contributed by atoms with Gasteiger partial charge in [0, 0.05) is 33.3 Å². The number of nitrogens with zero attached hydrogens (tertiary/aromatic N) is 6. The van der Waals surface area contributed by atoms with Gasteiger partial charge in [0.2, 0.25) is 10.0 Å². The molecule has 9 nitrogen and oxygen atoms in total. The van der Waals surface area contributed by atoms with Crippen LogP contribution in [0.5, 0.6) is 0 Å². The van der Waals surface area contributed by atoms with Gasteiger partial charge in [0.15, 0.2) is 11.5 Å². The fourth-order valence-corrected chi connectivity index (χ4v) is 5.82. The van der Waals surface area contributed by atoms with Crippen LogP contribution in [-0.4, -0.2) is 65.8 Å². The molecule has 0 spiro atoms. The molecule has 0 aliphatic carbocycles. The highest BCUT2D eigenvalue weighted by atomic mass is 32.2. The third kappa shape index (κ3) is 4.40. The minimum atomic E-state index is -3.53. The second-order valence-electron chi connectivity index (χ2n) is 8.63. The van der Waals surface area contributed by atoms with Crippen molar-refractivity contribution in [2.24, 2.45) is 0 Å². The van der Waals surface area contributed by atoms with Crippen LogP contribution in [0.4, 0.5) is 5.82 Å². The van der Waals surface area contributed by atoms with E-state index < -0.39 is 10.0 Å². The van der Waals surface area contributed by atoms with E-state index in [9.17, 15) is 8.42 Å². The summed E-state index contributed by atoms with van der Waals surface area (Å²) in [5, 5.41) is 5.65. The summed E-state index contributed by atoms with van der Waals surface area (Å²) < 4.78 is 34.9. The Morgan fingerprint density at radius 2 is 1.60 bits per heavy atom. The lowest BCUT2D eigenvalue weighted by atomic mass is 10.2. The van der Waals surface area contributed by atoms with Gasteiger partial charge in [-0.05, 0) is 38.1 Å². The molecule has 1 aliphatic rings. The lowest BCUT2D eigenvalue weighted by molar-refractivity contribution is 0.178. The summed E-state index contributed by atoms with van der Waals surface area (Å²) in [4.78, 5) is 12.0. The molecular weight excluding hydrogens is 464 g/mol. The van der Waals surface area contributed by atoms with Gasteiger partial charge in [0.25, 0.3) is 0 Å². The Hall–Kier alpha value is -3.34. The molecule has 0 unspecified atom stereocenters. The van der Waals surface area contributed by atoms with E-state index >= 15 is 0 Å². The molecule has 0 N–H and O–H groups in total. The number of fused-ring (bicyclic) bond motifs is 1. The van der Waals surface area contributed by atoms with Crippen molar-refractivity contribution >= 4 is 26.9 Å². The maximum Gasteiger partial charge on any atom is 0.243 e. The Bertz CT molecular complexity index is 1440.